The molecule has 0 aliphatic rings. The summed E-state index contributed by atoms with van der Waals surface area (Å²) >= 11 is 0. The largest absolute Gasteiger partial charge is 0.456 e. The predicted molar refractivity (Wildman–Crippen MR) is 205 cm³/mol. The molecular formula is C45H26N4O2. The second-order valence-electron chi connectivity index (χ2n) is 12.8. The van der Waals surface area contributed by atoms with Crippen LogP contribution in [0.4, 0.5) is 0 Å². The van der Waals surface area contributed by atoms with E-state index in [0.717, 1.165) is 87.9 Å². The number of rotatable bonds is 4. The molecule has 6 nitrogen and oxygen atoms in total. The van der Waals surface area contributed by atoms with Gasteiger partial charge in [0, 0.05) is 43.4 Å². The molecule has 0 unspecified atom stereocenters. The normalized spacial score (nSPS) is 11.9. The van der Waals surface area contributed by atoms with E-state index in [1.807, 2.05) is 78.9 Å². The van der Waals surface area contributed by atoms with E-state index in [1.165, 1.54) is 0 Å². The maximum absolute atomic E-state index is 6.25. The number of nitrogens with zero attached hydrogens (tertiary/aromatic N) is 4. The van der Waals surface area contributed by atoms with Gasteiger partial charge in [-0.25, -0.2) is 4.98 Å². The average molecular weight is 655 g/mol. The molecule has 51 heavy (non-hydrogen) atoms. The van der Waals surface area contributed by atoms with Gasteiger partial charge in [-0.2, -0.15) is 9.97 Å². The molecule has 0 amide bonds. The zero-order valence-electron chi connectivity index (χ0n) is 27.1. The summed E-state index contributed by atoms with van der Waals surface area (Å²) in [6.07, 6.45) is 0. The van der Waals surface area contributed by atoms with Gasteiger partial charge in [-0.15, -0.1) is 0 Å². The van der Waals surface area contributed by atoms with E-state index in [0.29, 0.717) is 17.6 Å². The molecule has 0 radical (unpaired) electrons. The molecule has 0 N–H and O–H groups in total. The first-order valence-corrected chi connectivity index (χ1v) is 16.9. The fraction of sp³-hybridized carbons (Fsp3) is 0. The van der Waals surface area contributed by atoms with Gasteiger partial charge in [-0.05, 0) is 59.7 Å². The van der Waals surface area contributed by atoms with Gasteiger partial charge in [0.1, 0.15) is 22.3 Å². The first-order valence-electron chi connectivity index (χ1n) is 16.9. The molecule has 4 aromatic heterocycles. The summed E-state index contributed by atoms with van der Waals surface area (Å²) in [5.74, 6) is 1.73. The molecule has 0 spiro atoms. The zero-order valence-corrected chi connectivity index (χ0v) is 27.1. The van der Waals surface area contributed by atoms with E-state index in [4.69, 9.17) is 23.8 Å². The monoisotopic (exact) mass is 654 g/mol. The molecule has 0 saturated carbocycles. The van der Waals surface area contributed by atoms with Crippen molar-refractivity contribution >= 4 is 65.7 Å². The van der Waals surface area contributed by atoms with Crippen LogP contribution >= 0.6 is 0 Å². The number of hydrogen-bond acceptors (Lipinski definition) is 5. The maximum atomic E-state index is 6.25. The Kier molecular flexibility index (Phi) is 5.86. The molecule has 238 valence electrons. The molecule has 0 atom stereocenters. The molecule has 6 heteroatoms. The first-order chi connectivity index (χ1) is 25.3. The van der Waals surface area contributed by atoms with E-state index in [9.17, 15) is 0 Å². The van der Waals surface area contributed by atoms with Crippen LogP contribution in [0.1, 0.15) is 0 Å². The number of fused-ring (bicyclic) bond motifs is 9. The molecule has 0 bridgehead atoms. The fourth-order valence-corrected chi connectivity index (χ4v) is 7.54. The molecule has 7 aromatic carbocycles. The second kappa shape index (κ2) is 10.7. The predicted octanol–water partition coefficient (Wildman–Crippen LogP) is 11.8. The highest BCUT2D eigenvalue weighted by molar-refractivity contribution is 6.13. The van der Waals surface area contributed by atoms with Gasteiger partial charge in [-0.3, -0.25) is 4.57 Å². The van der Waals surface area contributed by atoms with Crippen molar-refractivity contribution in [2.75, 3.05) is 0 Å². The minimum atomic E-state index is 0.548. The molecule has 0 saturated heterocycles. The summed E-state index contributed by atoms with van der Waals surface area (Å²) in [5, 5.41) is 6.48. The summed E-state index contributed by atoms with van der Waals surface area (Å²) < 4.78 is 14.6. The summed E-state index contributed by atoms with van der Waals surface area (Å²) in [6, 6.07) is 53.9. The van der Waals surface area contributed by atoms with Crippen molar-refractivity contribution in [1.29, 1.82) is 0 Å². The fourth-order valence-electron chi connectivity index (χ4n) is 7.54. The minimum Gasteiger partial charge on any atom is -0.456 e. The lowest BCUT2D eigenvalue weighted by atomic mass is 10.0. The van der Waals surface area contributed by atoms with Crippen LogP contribution in [0.15, 0.2) is 167 Å². The van der Waals surface area contributed by atoms with E-state index < -0.39 is 0 Å². The molecule has 11 rings (SSSR count). The van der Waals surface area contributed by atoms with Crippen LogP contribution in [-0.4, -0.2) is 19.5 Å². The van der Waals surface area contributed by atoms with Crippen molar-refractivity contribution in [3.63, 3.8) is 0 Å². The van der Waals surface area contributed by atoms with E-state index in [-0.39, 0.29) is 0 Å². The summed E-state index contributed by atoms with van der Waals surface area (Å²) in [6.45, 7) is 0. The minimum absolute atomic E-state index is 0.548. The second-order valence-corrected chi connectivity index (χ2v) is 12.8. The quantitative estimate of drug-likeness (QED) is 0.189. The van der Waals surface area contributed by atoms with Crippen molar-refractivity contribution < 1.29 is 8.83 Å². The van der Waals surface area contributed by atoms with E-state index in [2.05, 4.69) is 83.4 Å². The van der Waals surface area contributed by atoms with Gasteiger partial charge in [-0.1, -0.05) is 109 Å². The SMILES string of the molecule is c1ccc(-c2nc(-c3cccc4oc5ccccc5c34)nc(-n3c4ccccc4c4cc(-c5ccc6c(c5)oc5ccccc56)ccc43)n2)cc1. The number of furan rings is 2. The van der Waals surface area contributed by atoms with Gasteiger partial charge in [0.2, 0.25) is 5.95 Å². The van der Waals surface area contributed by atoms with Crippen molar-refractivity contribution in [3.05, 3.63) is 158 Å². The number of para-hydroxylation sites is 3. The molecular weight excluding hydrogens is 629 g/mol. The van der Waals surface area contributed by atoms with Crippen LogP contribution in [0.3, 0.4) is 0 Å². The highest BCUT2D eigenvalue weighted by Crippen LogP contribution is 2.39. The van der Waals surface area contributed by atoms with Crippen molar-refractivity contribution in [2.45, 2.75) is 0 Å². The molecule has 0 aliphatic heterocycles. The first kappa shape index (κ1) is 27.9. The van der Waals surface area contributed by atoms with Gasteiger partial charge in [0.05, 0.1) is 11.0 Å². The zero-order chi connectivity index (χ0) is 33.5. The Hall–Kier alpha value is -7.05. The third-order valence-corrected chi connectivity index (χ3v) is 9.88. The van der Waals surface area contributed by atoms with Gasteiger partial charge in [0.15, 0.2) is 11.6 Å². The third-order valence-electron chi connectivity index (χ3n) is 9.88. The Morgan fingerprint density at radius 3 is 1.88 bits per heavy atom. The third kappa shape index (κ3) is 4.26. The standard InChI is InChI=1S/C45H26N4O2/c1-2-11-27(12-3-1)43-46-44(34-16-10-20-40-42(34)33-15-6-9-19-39(33)50-40)48-45(47-43)49-36-17-7-4-13-30(36)35-25-28(22-24-37(35)49)29-21-23-32-31-14-5-8-18-38(31)51-41(32)26-29/h1-26H. The van der Waals surface area contributed by atoms with Gasteiger partial charge in [0.25, 0.3) is 0 Å². The van der Waals surface area contributed by atoms with Crippen molar-refractivity contribution in [2.24, 2.45) is 0 Å². The molecule has 0 fully saturated rings. The summed E-state index contributed by atoms with van der Waals surface area (Å²) in [4.78, 5) is 15.5. The summed E-state index contributed by atoms with van der Waals surface area (Å²) in [5.41, 5.74) is 9.42. The smallest absolute Gasteiger partial charge is 0.238 e. The molecule has 11 aromatic rings. The maximum Gasteiger partial charge on any atom is 0.238 e. The van der Waals surface area contributed by atoms with Crippen LogP contribution in [0.5, 0.6) is 0 Å². The van der Waals surface area contributed by atoms with Gasteiger partial charge >= 0.3 is 0 Å². The molecule has 4 heterocycles. The lowest BCUT2D eigenvalue weighted by molar-refractivity contribution is 0.668. The summed E-state index contributed by atoms with van der Waals surface area (Å²) in [7, 11) is 0. The highest BCUT2D eigenvalue weighted by Gasteiger charge is 2.21. The average Bonchev–Trinajstić information content (AvgIpc) is 3.87. The Balaban J connectivity index is 1.14. The Bertz CT molecular complexity index is 3150. The lowest BCUT2D eigenvalue weighted by Crippen LogP contribution is -2.06. The van der Waals surface area contributed by atoms with Crippen LogP contribution in [0.25, 0.3) is 106 Å². The van der Waals surface area contributed by atoms with Crippen molar-refractivity contribution in [1.82, 2.24) is 19.5 Å². The Labute approximate surface area is 290 Å². The van der Waals surface area contributed by atoms with Gasteiger partial charge < -0.3 is 8.83 Å². The van der Waals surface area contributed by atoms with Crippen LogP contribution in [-0.2, 0) is 0 Å². The number of aromatic nitrogens is 4. The Morgan fingerprint density at radius 2 is 1.00 bits per heavy atom. The number of hydrogen-bond donors (Lipinski definition) is 0. The molecule has 0 aliphatic carbocycles. The topological polar surface area (TPSA) is 69.9 Å². The Morgan fingerprint density at radius 1 is 0.373 bits per heavy atom. The lowest BCUT2D eigenvalue weighted by Gasteiger charge is -2.11. The van der Waals surface area contributed by atoms with Crippen LogP contribution < -0.4 is 0 Å². The van der Waals surface area contributed by atoms with E-state index >= 15 is 0 Å². The van der Waals surface area contributed by atoms with Crippen molar-refractivity contribution in [3.8, 4) is 39.9 Å². The van der Waals surface area contributed by atoms with E-state index in [1.54, 1.807) is 0 Å². The van der Waals surface area contributed by atoms with Crippen LogP contribution in [0.2, 0.25) is 0 Å². The highest BCUT2D eigenvalue weighted by atomic mass is 16.3. The number of benzene rings is 7. The van der Waals surface area contributed by atoms with Crippen LogP contribution in [0, 0.1) is 0 Å².